The zero-order valence-corrected chi connectivity index (χ0v) is 16.7. The van der Waals surface area contributed by atoms with Crippen molar-refractivity contribution in [3.05, 3.63) is 82.6 Å². The van der Waals surface area contributed by atoms with Gasteiger partial charge in [-0.05, 0) is 56.7 Å². The second-order valence-electron chi connectivity index (χ2n) is 7.05. The van der Waals surface area contributed by atoms with Crippen LogP contribution in [0.2, 0.25) is 5.02 Å². The minimum absolute atomic E-state index is 0.295. The molecule has 0 aliphatic rings. The van der Waals surface area contributed by atoms with Gasteiger partial charge < -0.3 is 15.2 Å². The first-order chi connectivity index (χ1) is 13.2. The zero-order chi connectivity index (χ0) is 20.7. The Labute approximate surface area is 169 Å². The first-order valence-electron chi connectivity index (χ1n) is 8.62. The van der Waals surface area contributed by atoms with Crippen molar-refractivity contribution in [2.75, 3.05) is 0 Å². The molecule has 146 valence electrons. The number of amides is 1. The molecule has 0 aliphatic heterocycles. The van der Waals surface area contributed by atoms with Crippen LogP contribution in [0.5, 0.6) is 0 Å². The third-order valence-corrected chi connectivity index (χ3v) is 3.69. The Balaban J connectivity index is 2.31. The predicted octanol–water partition coefficient (Wildman–Crippen LogP) is 4.74. The molecule has 0 bridgehead atoms. The molecule has 2 aromatic carbocycles. The van der Waals surface area contributed by atoms with Crippen LogP contribution in [0, 0.1) is 0 Å². The van der Waals surface area contributed by atoms with Crippen molar-refractivity contribution in [2.24, 2.45) is 0 Å². The molecule has 0 spiro atoms. The number of aliphatic hydroxyl groups is 1. The number of rotatable bonds is 5. The minimum atomic E-state index is -0.788. The lowest BCUT2D eigenvalue weighted by Crippen LogP contribution is -2.42. The Bertz CT molecular complexity index is 894. The Kier molecular flexibility index (Phi) is 7.01. The molecule has 0 fully saturated rings. The smallest absolute Gasteiger partial charge is 0.336 e. The average molecular weight is 400 g/mol. The first-order valence-corrected chi connectivity index (χ1v) is 9.00. The fraction of sp³-hybridized carbons (Fsp3) is 0.182. The quantitative estimate of drug-likeness (QED) is 0.432. The normalized spacial score (nSPS) is 12.4. The van der Waals surface area contributed by atoms with Gasteiger partial charge in [-0.1, -0.05) is 41.9 Å². The Morgan fingerprint density at radius 3 is 2.21 bits per heavy atom. The molecule has 2 rings (SSSR count). The molecule has 0 radical (unpaired) electrons. The van der Waals surface area contributed by atoms with Gasteiger partial charge in [0.05, 0.1) is 0 Å². The molecular formula is C22H22ClNO4. The van der Waals surface area contributed by atoms with Crippen molar-refractivity contribution >= 4 is 35.3 Å². The molecular weight excluding hydrogens is 378 g/mol. The van der Waals surface area contributed by atoms with E-state index in [2.05, 4.69) is 5.32 Å². The molecule has 2 N–H and O–H groups in total. The third-order valence-electron chi connectivity index (χ3n) is 3.44. The van der Waals surface area contributed by atoms with Crippen molar-refractivity contribution in [1.82, 2.24) is 5.32 Å². The van der Waals surface area contributed by atoms with Gasteiger partial charge >= 0.3 is 5.97 Å². The largest absolute Gasteiger partial charge is 0.504 e. The minimum Gasteiger partial charge on any atom is -0.504 e. The molecule has 6 heteroatoms. The molecule has 5 nitrogen and oxygen atoms in total. The number of hydrogen-bond acceptors (Lipinski definition) is 4. The number of esters is 1. The summed E-state index contributed by atoms with van der Waals surface area (Å²) in [6.07, 6.45) is 2.75. The summed E-state index contributed by atoms with van der Waals surface area (Å²) in [5.41, 5.74) is 0.504. The maximum Gasteiger partial charge on any atom is 0.336 e. The fourth-order valence-electron chi connectivity index (χ4n) is 2.20. The van der Waals surface area contributed by atoms with Gasteiger partial charge in [0.2, 0.25) is 5.76 Å². The van der Waals surface area contributed by atoms with Gasteiger partial charge in [-0.25, -0.2) is 4.79 Å². The summed E-state index contributed by atoms with van der Waals surface area (Å²) >= 11 is 5.86. The highest BCUT2D eigenvalue weighted by molar-refractivity contribution is 6.30. The summed E-state index contributed by atoms with van der Waals surface area (Å²) < 4.78 is 5.19. The monoisotopic (exact) mass is 399 g/mol. The van der Waals surface area contributed by atoms with Gasteiger partial charge in [0.25, 0.3) is 5.91 Å². The van der Waals surface area contributed by atoms with E-state index in [0.717, 1.165) is 5.56 Å². The molecule has 0 unspecified atom stereocenters. The lowest BCUT2D eigenvalue weighted by atomic mass is 10.1. The topological polar surface area (TPSA) is 75.6 Å². The number of carbonyl (C=O) groups is 2. The summed E-state index contributed by atoms with van der Waals surface area (Å²) in [5, 5.41) is 13.7. The maximum absolute atomic E-state index is 12.6. The molecule has 0 aromatic heterocycles. The molecule has 28 heavy (non-hydrogen) atoms. The van der Waals surface area contributed by atoms with E-state index in [1.807, 2.05) is 30.3 Å². The van der Waals surface area contributed by atoms with E-state index in [4.69, 9.17) is 16.3 Å². The van der Waals surface area contributed by atoms with Crippen LogP contribution in [0.3, 0.4) is 0 Å². The lowest BCUT2D eigenvalue weighted by Gasteiger charge is -2.21. The maximum atomic E-state index is 12.6. The van der Waals surface area contributed by atoms with Crippen molar-refractivity contribution in [3.8, 4) is 0 Å². The van der Waals surface area contributed by atoms with Crippen molar-refractivity contribution in [2.45, 2.75) is 26.3 Å². The van der Waals surface area contributed by atoms with Crippen LogP contribution < -0.4 is 5.32 Å². The molecule has 2 aromatic rings. The zero-order valence-electron chi connectivity index (χ0n) is 15.9. The highest BCUT2D eigenvalue weighted by Gasteiger charge is 2.25. The molecule has 1 amide bonds. The van der Waals surface area contributed by atoms with Gasteiger partial charge in [0, 0.05) is 22.2 Å². The number of ether oxygens (including phenoxy) is 1. The van der Waals surface area contributed by atoms with E-state index in [9.17, 15) is 14.7 Å². The first kappa shape index (κ1) is 21.3. The van der Waals surface area contributed by atoms with E-state index in [1.165, 1.54) is 18.2 Å². The molecule has 0 atom stereocenters. The Hall–Kier alpha value is -3.05. The number of aliphatic hydroxyl groups excluding tert-OH is 1. The van der Waals surface area contributed by atoms with Crippen molar-refractivity contribution in [1.29, 1.82) is 0 Å². The van der Waals surface area contributed by atoms with E-state index >= 15 is 0 Å². The highest BCUT2D eigenvalue weighted by Crippen LogP contribution is 2.21. The number of nitrogens with one attached hydrogen (secondary N) is 1. The predicted molar refractivity (Wildman–Crippen MR) is 110 cm³/mol. The summed E-state index contributed by atoms with van der Waals surface area (Å²) in [6.45, 7) is 5.33. The SMILES string of the molecule is CC(C)(C)NC(=O)/C(OC(=O)/C=C/c1ccccc1)=C(/O)c1ccc(Cl)cc1. The lowest BCUT2D eigenvalue weighted by molar-refractivity contribution is -0.138. The number of carbonyl (C=O) groups excluding carboxylic acids is 2. The highest BCUT2D eigenvalue weighted by atomic mass is 35.5. The van der Waals surface area contributed by atoms with Gasteiger partial charge in [-0.2, -0.15) is 0 Å². The average Bonchev–Trinajstić information content (AvgIpc) is 2.64. The van der Waals surface area contributed by atoms with Crippen molar-refractivity contribution in [3.63, 3.8) is 0 Å². The van der Waals surface area contributed by atoms with Crippen LogP contribution >= 0.6 is 11.6 Å². The van der Waals surface area contributed by atoms with Crippen LogP contribution in [0.1, 0.15) is 31.9 Å². The summed E-state index contributed by atoms with van der Waals surface area (Å²) in [4.78, 5) is 24.8. The molecule has 0 saturated carbocycles. The van der Waals surface area contributed by atoms with Gasteiger partial charge in [0.15, 0.2) is 5.76 Å². The van der Waals surface area contributed by atoms with Crippen LogP contribution in [0.4, 0.5) is 0 Å². The molecule has 0 saturated heterocycles. The molecule has 0 aliphatic carbocycles. The number of benzene rings is 2. The second-order valence-corrected chi connectivity index (χ2v) is 7.49. The van der Waals surface area contributed by atoms with Crippen molar-refractivity contribution < 1.29 is 19.4 Å². The van der Waals surface area contributed by atoms with E-state index in [-0.39, 0.29) is 0 Å². The van der Waals surface area contributed by atoms with E-state index in [0.29, 0.717) is 10.6 Å². The van der Waals surface area contributed by atoms with Crippen LogP contribution in [-0.4, -0.2) is 22.5 Å². The third kappa shape index (κ3) is 6.59. The van der Waals surface area contributed by atoms with Crippen LogP contribution in [-0.2, 0) is 14.3 Å². The summed E-state index contributed by atoms with van der Waals surface area (Å²) in [7, 11) is 0. The van der Waals surface area contributed by atoms with Crippen LogP contribution in [0.25, 0.3) is 11.8 Å². The number of halogens is 1. The fourth-order valence-corrected chi connectivity index (χ4v) is 2.33. The summed E-state index contributed by atoms with van der Waals surface area (Å²) in [6, 6.07) is 15.3. The summed E-state index contributed by atoms with van der Waals surface area (Å²) in [5.74, 6) is -2.44. The van der Waals surface area contributed by atoms with Gasteiger partial charge in [-0.15, -0.1) is 0 Å². The second kappa shape index (κ2) is 9.24. The number of hydrogen-bond donors (Lipinski definition) is 2. The standard InChI is InChI=1S/C22H22ClNO4/c1-22(2,3)24-21(27)20(19(26)16-10-12-17(23)13-11-16)28-18(25)14-9-15-7-5-4-6-8-15/h4-14,26H,1-3H3,(H,24,27)/b14-9+,20-19-. The van der Waals surface area contributed by atoms with E-state index in [1.54, 1.807) is 39.0 Å². The van der Waals surface area contributed by atoms with Crippen LogP contribution in [0.15, 0.2) is 66.4 Å². The Morgan fingerprint density at radius 2 is 1.64 bits per heavy atom. The Morgan fingerprint density at radius 1 is 1.04 bits per heavy atom. The van der Waals surface area contributed by atoms with Gasteiger partial charge in [0.1, 0.15) is 0 Å². The van der Waals surface area contributed by atoms with E-state index < -0.39 is 28.9 Å². The molecule has 0 heterocycles. The van der Waals surface area contributed by atoms with Gasteiger partial charge in [-0.3, -0.25) is 4.79 Å².